The van der Waals surface area contributed by atoms with Gasteiger partial charge in [0, 0.05) is 37.7 Å². The van der Waals surface area contributed by atoms with Crippen molar-refractivity contribution in [1.29, 1.82) is 0 Å². The van der Waals surface area contributed by atoms with Gasteiger partial charge >= 0.3 is 0 Å². The SMILES string of the molecule is COCCNCc1cnc(-c2ccc3ccccc3c2)[nH]1. The molecule has 0 aliphatic heterocycles. The number of rotatable bonds is 6. The van der Waals surface area contributed by atoms with Gasteiger partial charge in [-0.3, -0.25) is 0 Å². The van der Waals surface area contributed by atoms with Crippen LogP contribution >= 0.6 is 0 Å². The first kappa shape index (κ1) is 13.8. The predicted molar refractivity (Wildman–Crippen MR) is 85.1 cm³/mol. The van der Waals surface area contributed by atoms with Gasteiger partial charge in [-0.15, -0.1) is 0 Å². The van der Waals surface area contributed by atoms with Crippen LogP contribution in [0.5, 0.6) is 0 Å². The summed E-state index contributed by atoms with van der Waals surface area (Å²) in [4.78, 5) is 7.82. The molecule has 3 aromatic rings. The molecule has 3 rings (SSSR count). The lowest BCUT2D eigenvalue weighted by Crippen LogP contribution is -2.18. The summed E-state index contributed by atoms with van der Waals surface area (Å²) in [6, 6.07) is 14.7. The summed E-state index contributed by atoms with van der Waals surface area (Å²) in [5.41, 5.74) is 2.19. The van der Waals surface area contributed by atoms with Crippen molar-refractivity contribution in [3.8, 4) is 11.4 Å². The summed E-state index contributed by atoms with van der Waals surface area (Å²) < 4.78 is 5.01. The summed E-state index contributed by atoms with van der Waals surface area (Å²) in [5.74, 6) is 0.907. The molecule has 0 bridgehead atoms. The molecule has 0 radical (unpaired) electrons. The Morgan fingerprint density at radius 2 is 2.00 bits per heavy atom. The average Bonchev–Trinajstić information content (AvgIpc) is 3.00. The van der Waals surface area contributed by atoms with E-state index in [-0.39, 0.29) is 0 Å². The van der Waals surface area contributed by atoms with Gasteiger partial charge in [-0.2, -0.15) is 0 Å². The summed E-state index contributed by atoms with van der Waals surface area (Å²) in [6.45, 7) is 2.32. The van der Waals surface area contributed by atoms with Crippen LogP contribution in [0.2, 0.25) is 0 Å². The number of aromatic amines is 1. The van der Waals surface area contributed by atoms with E-state index in [0.717, 1.165) is 30.2 Å². The van der Waals surface area contributed by atoms with Gasteiger partial charge in [0.2, 0.25) is 0 Å². The minimum atomic E-state index is 0.714. The zero-order chi connectivity index (χ0) is 14.5. The third-order valence-corrected chi connectivity index (χ3v) is 3.45. The van der Waals surface area contributed by atoms with E-state index in [2.05, 4.69) is 57.7 Å². The number of fused-ring (bicyclic) bond motifs is 1. The minimum Gasteiger partial charge on any atom is -0.383 e. The van der Waals surface area contributed by atoms with E-state index in [1.165, 1.54) is 10.8 Å². The Bertz CT molecular complexity index is 721. The molecule has 0 aliphatic carbocycles. The molecule has 108 valence electrons. The summed E-state index contributed by atoms with van der Waals surface area (Å²) in [6.07, 6.45) is 1.88. The second kappa shape index (κ2) is 6.52. The zero-order valence-electron chi connectivity index (χ0n) is 12.1. The third kappa shape index (κ3) is 3.29. The Labute approximate surface area is 124 Å². The molecule has 1 heterocycles. The molecule has 21 heavy (non-hydrogen) atoms. The number of nitrogens with one attached hydrogen (secondary N) is 2. The molecular formula is C17H19N3O. The van der Waals surface area contributed by atoms with E-state index in [1.807, 2.05) is 6.20 Å². The Morgan fingerprint density at radius 3 is 2.86 bits per heavy atom. The van der Waals surface area contributed by atoms with Gasteiger partial charge in [-0.05, 0) is 16.8 Å². The fraction of sp³-hybridized carbons (Fsp3) is 0.235. The smallest absolute Gasteiger partial charge is 0.137 e. The molecule has 0 spiro atoms. The van der Waals surface area contributed by atoms with Crippen molar-refractivity contribution in [3.63, 3.8) is 0 Å². The Hall–Kier alpha value is -2.17. The lowest BCUT2D eigenvalue weighted by Gasteiger charge is -2.02. The number of hydrogen-bond acceptors (Lipinski definition) is 3. The van der Waals surface area contributed by atoms with E-state index in [0.29, 0.717) is 6.61 Å². The average molecular weight is 281 g/mol. The lowest BCUT2D eigenvalue weighted by molar-refractivity contribution is 0.199. The van der Waals surface area contributed by atoms with E-state index >= 15 is 0 Å². The Morgan fingerprint density at radius 1 is 1.14 bits per heavy atom. The molecule has 0 saturated heterocycles. The molecule has 0 amide bonds. The number of benzene rings is 2. The van der Waals surface area contributed by atoms with Crippen LogP contribution in [0.15, 0.2) is 48.7 Å². The van der Waals surface area contributed by atoms with Gasteiger partial charge < -0.3 is 15.0 Å². The van der Waals surface area contributed by atoms with Crippen LogP contribution in [-0.2, 0) is 11.3 Å². The van der Waals surface area contributed by atoms with E-state index < -0.39 is 0 Å². The second-order valence-electron chi connectivity index (χ2n) is 4.99. The number of imidazole rings is 1. The van der Waals surface area contributed by atoms with Crippen molar-refractivity contribution in [1.82, 2.24) is 15.3 Å². The molecule has 0 saturated carbocycles. The van der Waals surface area contributed by atoms with E-state index in [9.17, 15) is 0 Å². The molecule has 2 aromatic carbocycles. The van der Waals surface area contributed by atoms with Gasteiger partial charge in [-0.1, -0.05) is 36.4 Å². The minimum absolute atomic E-state index is 0.714. The largest absolute Gasteiger partial charge is 0.383 e. The van der Waals surface area contributed by atoms with E-state index in [4.69, 9.17) is 4.74 Å². The predicted octanol–water partition coefficient (Wildman–Crippen LogP) is 2.97. The molecule has 4 heteroatoms. The van der Waals surface area contributed by atoms with Gasteiger partial charge in [0.15, 0.2) is 0 Å². The van der Waals surface area contributed by atoms with Crippen LogP contribution in [-0.4, -0.2) is 30.2 Å². The number of hydrogen-bond donors (Lipinski definition) is 2. The molecule has 2 N–H and O–H groups in total. The first-order valence-electron chi connectivity index (χ1n) is 7.09. The van der Waals surface area contributed by atoms with Crippen LogP contribution in [0.3, 0.4) is 0 Å². The quantitative estimate of drug-likeness (QED) is 0.683. The molecule has 0 aliphatic rings. The van der Waals surface area contributed by atoms with Crippen molar-refractivity contribution >= 4 is 10.8 Å². The van der Waals surface area contributed by atoms with Gasteiger partial charge in [0.1, 0.15) is 5.82 Å². The second-order valence-corrected chi connectivity index (χ2v) is 4.99. The highest BCUT2D eigenvalue weighted by Crippen LogP contribution is 2.22. The van der Waals surface area contributed by atoms with Crippen molar-refractivity contribution in [2.24, 2.45) is 0 Å². The Balaban J connectivity index is 1.75. The molecule has 1 aromatic heterocycles. The molecular weight excluding hydrogens is 262 g/mol. The number of ether oxygens (including phenoxy) is 1. The fourth-order valence-electron chi connectivity index (χ4n) is 2.33. The van der Waals surface area contributed by atoms with Crippen LogP contribution in [0.25, 0.3) is 22.2 Å². The monoisotopic (exact) mass is 281 g/mol. The summed E-state index contributed by atoms with van der Waals surface area (Å²) >= 11 is 0. The molecule has 0 fully saturated rings. The molecule has 4 nitrogen and oxygen atoms in total. The molecule has 0 atom stereocenters. The van der Waals surface area contributed by atoms with Crippen LogP contribution in [0.1, 0.15) is 5.69 Å². The number of H-pyrrole nitrogens is 1. The normalized spacial score (nSPS) is 11.1. The standard InChI is InChI=1S/C17H19N3O/c1-21-9-8-18-11-16-12-19-17(20-16)15-7-6-13-4-2-3-5-14(13)10-15/h2-7,10,12,18H,8-9,11H2,1H3,(H,19,20). The van der Waals surface area contributed by atoms with E-state index in [1.54, 1.807) is 7.11 Å². The fourth-order valence-corrected chi connectivity index (χ4v) is 2.33. The Kier molecular flexibility index (Phi) is 4.28. The first-order valence-corrected chi connectivity index (χ1v) is 7.09. The topological polar surface area (TPSA) is 49.9 Å². The van der Waals surface area contributed by atoms with Gasteiger partial charge in [0.25, 0.3) is 0 Å². The van der Waals surface area contributed by atoms with Gasteiger partial charge in [-0.25, -0.2) is 4.98 Å². The van der Waals surface area contributed by atoms with Crippen LogP contribution in [0, 0.1) is 0 Å². The first-order chi connectivity index (χ1) is 10.4. The highest BCUT2D eigenvalue weighted by atomic mass is 16.5. The zero-order valence-corrected chi connectivity index (χ0v) is 12.1. The van der Waals surface area contributed by atoms with Crippen LogP contribution in [0.4, 0.5) is 0 Å². The highest BCUT2D eigenvalue weighted by Gasteiger charge is 2.04. The van der Waals surface area contributed by atoms with Crippen molar-refractivity contribution < 1.29 is 4.74 Å². The number of nitrogens with zero attached hydrogens (tertiary/aromatic N) is 1. The van der Waals surface area contributed by atoms with Crippen LogP contribution < -0.4 is 5.32 Å². The number of methoxy groups -OCH3 is 1. The van der Waals surface area contributed by atoms with Gasteiger partial charge in [0.05, 0.1) is 6.61 Å². The van der Waals surface area contributed by atoms with Crippen molar-refractivity contribution in [2.45, 2.75) is 6.54 Å². The summed E-state index contributed by atoms with van der Waals surface area (Å²) in [7, 11) is 1.70. The maximum Gasteiger partial charge on any atom is 0.137 e. The van der Waals surface area contributed by atoms with Crippen molar-refractivity contribution in [3.05, 3.63) is 54.4 Å². The summed E-state index contributed by atoms with van der Waals surface area (Å²) in [5, 5.41) is 5.77. The molecule has 0 unspecified atom stereocenters. The maximum absolute atomic E-state index is 5.01. The number of aromatic nitrogens is 2. The lowest BCUT2D eigenvalue weighted by atomic mass is 10.1. The van der Waals surface area contributed by atoms with Crippen molar-refractivity contribution in [2.75, 3.05) is 20.3 Å². The third-order valence-electron chi connectivity index (χ3n) is 3.45. The maximum atomic E-state index is 5.01. The highest BCUT2D eigenvalue weighted by molar-refractivity contribution is 5.86.